The maximum Gasteiger partial charge on any atom is 0.237 e. The van der Waals surface area contributed by atoms with Crippen LogP contribution in [-0.4, -0.2) is 43.1 Å². The van der Waals surface area contributed by atoms with E-state index in [9.17, 15) is 4.79 Å². The van der Waals surface area contributed by atoms with Gasteiger partial charge in [-0.1, -0.05) is 25.1 Å². The van der Waals surface area contributed by atoms with Gasteiger partial charge in [0.25, 0.3) is 0 Å². The largest absolute Gasteiger partial charge is 0.493 e. The van der Waals surface area contributed by atoms with Gasteiger partial charge in [0.2, 0.25) is 5.91 Å². The molecule has 1 aromatic carbocycles. The first-order valence-corrected chi connectivity index (χ1v) is 8.49. The molecule has 5 nitrogen and oxygen atoms in total. The van der Waals surface area contributed by atoms with Crippen molar-refractivity contribution in [2.24, 2.45) is 11.1 Å². The predicted octanol–water partition coefficient (Wildman–Crippen LogP) is 2.11. The molecular weight excluding hydrogens is 326 g/mol. The molecule has 1 amide bonds. The van der Waals surface area contributed by atoms with Gasteiger partial charge in [0.1, 0.15) is 5.75 Å². The lowest BCUT2D eigenvalue weighted by Gasteiger charge is -2.30. The number of para-hydroxylation sites is 1. The van der Waals surface area contributed by atoms with Gasteiger partial charge in [0.15, 0.2) is 0 Å². The third-order valence-corrected chi connectivity index (χ3v) is 5.28. The Hall–Kier alpha value is -1.30. The van der Waals surface area contributed by atoms with Crippen molar-refractivity contribution in [2.45, 2.75) is 38.8 Å². The second-order valence-corrected chi connectivity index (χ2v) is 7.15. The van der Waals surface area contributed by atoms with Crippen molar-refractivity contribution in [3.63, 3.8) is 0 Å². The second-order valence-electron chi connectivity index (χ2n) is 7.15. The quantitative estimate of drug-likeness (QED) is 0.870. The number of rotatable bonds is 4. The molecule has 1 fully saturated rings. The first-order valence-electron chi connectivity index (χ1n) is 8.49. The molecule has 3 N–H and O–H groups in total. The highest BCUT2D eigenvalue weighted by Gasteiger charge is 2.37. The first kappa shape index (κ1) is 19.0. The van der Waals surface area contributed by atoms with E-state index in [-0.39, 0.29) is 35.8 Å². The Bertz CT molecular complexity index is 583. The SMILES string of the molecule is CC(C(=O)NC1CCOc2ccccc21)N1CCC(C)(CN)C1.Cl. The van der Waals surface area contributed by atoms with Crippen LogP contribution in [0.25, 0.3) is 0 Å². The van der Waals surface area contributed by atoms with Crippen LogP contribution in [0.5, 0.6) is 5.75 Å². The molecule has 0 aromatic heterocycles. The van der Waals surface area contributed by atoms with E-state index in [1.807, 2.05) is 31.2 Å². The molecule has 0 spiro atoms. The maximum absolute atomic E-state index is 12.7. The zero-order valence-electron chi connectivity index (χ0n) is 14.5. The number of nitrogens with two attached hydrogens (primary N) is 1. The van der Waals surface area contributed by atoms with E-state index < -0.39 is 0 Å². The molecule has 1 aromatic rings. The molecule has 0 saturated carbocycles. The van der Waals surface area contributed by atoms with Crippen molar-refractivity contribution in [1.82, 2.24) is 10.2 Å². The van der Waals surface area contributed by atoms with Crippen molar-refractivity contribution >= 4 is 18.3 Å². The number of halogens is 1. The minimum atomic E-state index is -0.126. The molecule has 3 rings (SSSR count). The average molecular weight is 354 g/mol. The van der Waals surface area contributed by atoms with Crippen LogP contribution in [0.15, 0.2) is 24.3 Å². The molecule has 24 heavy (non-hydrogen) atoms. The van der Waals surface area contributed by atoms with E-state index in [1.54, 1.807) is 0 Å². The zero-order chi connectivity index (χ0) is 16.4. The highest BCUT2D eigenvalue weighted by atomic mass is 35.5. The molecule has 3 atom stereocenters. The molecule has 3 unspecified atom stereocenters. The van der Waals surface area contributed by atoms with Crippen molar-refractivity contribution < 1.29 is 9.53 Å². The van der Waals surface area contributed by atoms with E-state index in [0.29, 0.717) is 13.2 Å². The lowest BCUT2D eigenvalue weighted by atomic mass is 9.90. The first-order chi connectivity index (χ1) is 11.0. The lowest BCUT2D eigenvalue weighted by Crippen LogP contribution is -2.46. The van der Waals surface area contributed by atoms with E-state index in [4.69, 9.17) is 10.5 Å². The summed E-state index contributed by atoms with van der Waals surface area (Å²) >= 11 is 0. The van der Waals surface area contributed by atoms with Gasteiger partial charge in [0.05, 0.1) is 18.7 Å². The Kier molecular flexibility index (Phi) is 6.12. The van der Waals surface area contributed by atoms with Crippen LogP contribution in [-0.2, 0) is 4.79 Å². The number of hydrogen-bond donors (Lipinski definition) is 2. The van der Waals surface area contributed by atoms with Gasteiger partial charge in [-0.3, -0.25) is 9.69 Å². The summed E-state index contributed by atoms with van der Waals surface area (Å²) in [5.41, 5.74) is 7.08. The van der Waals surface area contributed by atoms with Gasteiger partial charge in [0, 0.05) is 18.5 Å². The molecule has 2 aliphatic heterocycles. The molecule has 0 radical (unpaired) electrons. The van der Waals surface area contributed by atoms with Gasteiger partial charge in [-0.25, -0.2) is 0 Å². The topological polar surface area (TPSA) is 67.6 Å². The van der Waals surface area contributed by atoms with Crippen molar-refractivity contribution in [2.75, 3.05) is 26.2 Å². The van der Waals surface area contributed by atoms with Gasteiger partial charge in [-0.2, -0.15) is 0 Å². The number of carbonyl (C=O) groups is 1. The van der Waals surface area contributed by atoms with E-state index in [2.05, 4.69) is 17.1 Å². The van der Waals surface area contributed by atoms with Crippen LogP contribution >= 0.6 is 12.4 Å². The van der Waals surface area contributed by atoms with Crippen molar-refractivity contribution in [1.29, 1.82) is 0 Å². The molecule has 0 bridgehead atoms. The Labute approximate surface area is 150 Å². The Morgan fingerprint density at radius 3 is 2.96 bits per heavy atom. The van der Waals surface area contributed by atoms with Gasteiger partial charge in [-0.15, -0.1) is 12.4 Å². The average Bonchev–Trinajstić information content (AvgIpc) is 2.97. The molecule has 2 heterocycles. The Morgan fingerprint density at radius 2 is 2.25 bits per heavy atom. The standard InChI is InChI=1S/C18H27N3O2.ClH/c1-13(21-9-8-18(2,11-19)12-21)17(22)20-15-7-10-23-16-6-4-3-5-14(15)16;/h3-6,13,15H,7-12,19H2,1-2H3,(H,20,22);1H. The number of ether oxygens (including phenoxy) is 1. The third-order valence-electron chi connectivity index (χ3n) is 5.28. The van der Waals surface area contributed by atoms with Crippen LogP contribution in [0, 0.1) is 5.41 Å². The summed E-state index contributed by atoms with van der Waals surface area (Å²) in [6.07, 6.45) is 1.87. The van der Waals surface area contributed by atoms with Gasteiger partial charge in [-0.05, 0) is 37.9 Å². The number of hydrogen-bond acceptors (Lipinski definition) is 4. The molecule has 134 valence electrons. The monoisotopic (exact) mass is 353 g/mol. The molecule has 0 aliphatic carbocycles. The fourth-order valence-electron chi connectivity index (χ4n) is 3.51. The Balaban J connectivity index is 0.00000208. The molecular formula is C18H28ClN3O2. The smallest absolute Gasteiger partial charge is 0.237 e. The summed E-state index contributed by atoms with van der Waals surface area (Å²) in [6, 6.07) is 7.86. The van der Waals surface area contributed by atoms with Crippen molar-refractivity contribution in [3.05, 3.63) is 29.8 Å². The Morgan fingerprint density at radius 1 is 1.50 bits per heavy atom. The lowest BCUT2D eigenvalue weighted by molar-refractivity contribution is -0.126. The minimum absolute atomic E-state index is 0. The number of amides is 1. The number of fused-ring (bicyclic) bond motifs is 1. The summed E-state index contributed by atoms with van der Waals surface area (Å²) in [5, 5.41) is 3.21. The maximum atomic E-state index is 12.7. The van der Waals surface area contributed by atoms with E-state index in [1.165, 1.54) is 0 Å². The van der Waals surface area contributed by atoms with E-state index in [0.717, 1.165) is 37.2 Å². The van der Waals surface area contributed by atoms with Crippen LogP contribution in [0.2, 0.25) is 0 Å². The van der Waals surface area contributed by atoms with Gasteiger partial charge >= 0.3 is 0 Å². The highest BCUT2D eigenvalue weighted by molar-refractivity contribution is 5.85. The van der Waals surface area contributed by atoms with Gasteiger partial charge < -0.3 is 15.8 Å². The normalized spacial score (nSPS) is 27.5. The number of carbonyl (C=O) groups excluding carboxylic acids is 1. The van der Waals surface area contributed by atoms with Crippen LogP contribution in [0.4, 0.5) is 0 Å². The fourth-order valence-corrected chi connectivity index (χ4v) is 3.51. The third kappa shape index (κ3) is 3.85. The predicted molar refractivity (Wildman–Crippen MR) is 97.5 cm³/mol. The molecule has 6 heteroatoms. The minimum Gasteiger partial charge on any atom is -0.493 e. The van der Waals surface area contributed by atoms with Crippen LogP contribution < -0.4 is 15.8 Å². The highest BCUT2D eigenvalue weighted by Crippen LogP contribution is 2.32. The number of benzene rings is 1. The van der Waals surface area contributed by atoms with E-state index >= 15 is 0 Å². The molecule has 2 aliphatic rings. The van der Waals surface area contributed by atoms with Crippen LogP contribution in [0.3, 0.4) is 0 Å². The summed E-state index contributed by atoms with van der Waals surface area (Å²) in [4.78, 5) is 14.9. The molecule has 1 saturated heterocycles. The number of nitrogens with zero attached hydrogens (tertiary/aromatic N) is 1. The summed E-state index contributed by atoms with van der Waals surface area (Å²) in [6.45, 7) is 7.33. The summed E-state index contributed by atoms with van der Waals surface area (Å²) in [5.74, 6) is 0.974. The van der Waals surface area contributed by atoms with Crippen molar-refractivity contribution in [3.8, 4) is 5.75 Å². The summed E-state index contributed by atoms with van der Waals surface area (Å²) in [7, 11) is 0. The number of nitrogens with one attached hydrogen (secondary N) is 1. The zero-order valence-corrected chi connectivity index (χ0v) is 15.3. The van der Waals surface area contributed by atoms with Crippen LogP contribution in [0.1, 0.15) is 38.3 Å². The summed E-state index contributed by atoms with van der Waals surface area (Å²) < 4.78 is 5.66. The fraction of sp³-hybridized carbons (Fsp3) is 0.611. The number of likely N-dealkylation sites (tertiary alicyclic amines) is 1. The second kappa shape index (κ2) is 7.72.